The third kappa shape index (κ3) is 3.38. The summed E-state index contributed by atoms with van der Waals surface area (Å²) in [5.41, 5.74) is 6.46. The predicted molar refractivity (Wildman–Crippen MR) is 73.1 cm³/mol. The van der Waals surface area contributed by atoms with Gasteiger partial charge in [-0.25, -0.2) is 8.78 Å². The molecule has 0 radical (unpaired) electrons. The van der Waals surface area contributed by atoms with E-state index >= 15 is 0 Å². The molecule has 0 aliphatic rings. The van der Waals surface area contributed by atoms with Gasteiger partial charge < -0.3 is 15.2 Å². The van der Waals surface area contributed by atoms with E-state index in [0.717, 1.165) is 11.3 Å². The Labute approximate surface area is 115 Å². The van der Waals surface area contributed by atoms with E-state index in [1.54, 1.807) is 19.2 Å². The molecule has 5 heteroatoms. The average molecular weight is 279 g/mol. The molecule has 0 saturated carbocycles. The van der Waals surface area contributed by atoms with Crippen molar-refractivity contribution in [2.24, 2.45) is 0 Å². The topological polar surface area (TPSA) is 44.5 Å². The number of nitrogen functional groups attached to an aromatic ring is 1. The van der Waals surface area contributed by atoms with Crippen molar-refractivity contribution in [3.8, 4) is 11.5 Å². The van der Waals surface area contributed by atoms with Gasteiger partial charge in [0.1, 0.15) is 18.1 Å². The smallest absolute Gasteiger partial charge is 0.267 e. The summed E-state index contributed by atoms with van der Waals surface area (Å²) in [7, 11) is 1.58. The van der Waals surface area contributed by atoms with Crippen LogP contribution in [0.5, 0.6) is 11.5 Å². The third-order valence-electron chi connectivity index (χ3n) is 2.82. The lowest BCUT2D eigenvalue weighted by Crippen LogP contribution is -2.00. The zero-order chi connectivity index (χ0) is 14.5. The van der Waals surface area contributed by atoms with Gasteiger partial charge in [0.2, 0.25) is 0 Å². The molecule has 0 fully saturated rings. The summed E-state index contributed by atoms with van der Waals surface area (Å²) in [5.74, 6) is 0.875. The molecule has 0 aromatic heterocycles. The van der Waals surface area contributed by atoms with E-state index in [1.807, 2.05) is 12.1 Å². The SMILES string of the molecule is COc1ccc(COc2ccc(N)cc2C(F)F)cc1. The third-order valence-corrected chi connectivity index (χ3v) is 2.82. The molecule has 2 aromatic rings. The first-order valence-electron chi connectivity index (χ1n) is 6.03. The van der Waals surface area contributed by atoms with Crippen LogP contribution in [-0.4, -0.2) is 7.11 Å². The molecule has 0 amide bonds. The second-order valence-corrected chi connectivity index (χ2v) is 4.23. The van der Waals surface area contributed by atoms with Gasteiger partial charge in [-0.15, -0.1) is 0 Å². The monoisotopic (exact) mass is 279 g/mol. The molecule has 0 unspecified atom stereocenters. The highest BCUT2D eigenvalue weighted by Crippen LogP contribution is 2.31. The quantitative estimate of drug-likeness (QED) is 0.847. The molecular formula is C15H15F2NO2. The Balaban J connectivity index is 2.10. The number of benzene rings is 2. The average Bonchev–Trinajstić information content (AvgIpc) is 2.46. The van der Waals surface area contributed by atoms with Crippen LogP contribution in [-0.2, 0) is 6.61 Å². The van der Waals surface area contributed by atoms with Gasteiger partial charge in [-0.3, -0.25) is 0 Å². The van der Waals surface area contributed by atoms with Gasteiger partial charge in [0, 0.05) is 5.69 Å². The van der Waals surface area contributed by atoms with E-state index in [9.17, 15) is 8.78 Å². The minimum Gasteiger partial charge on any atom is -0.497 e. The summed E-state index contributed by atoms with van der Waals surface area (Å²) < 4.78 is 36.2. The van der Waals surface area contributed by atoms with E-state index in [1.165, 1.54) is 18.2 Å². The van der Waals surface area contributed by atoms with Gasteiger partial charge >= 0.3 is 0 Å². The van der Waals surface area contributed by atoms with Gasteiger partial charge in [0.25, 0.3) is 6.43 Å². The van der Waals surface area contributed by atoms with E-state index in [2.05, 4.69) is 0 Å². The van der Waals surface area contributed by atoms with E-state index in [4.69, 9.17) is 15.2 Å². The van der Waals surface area contributed by atoms with E-state index in [0.29, 0.717) is 0 Å². The summed E-state index contributed by atoms with van der Waals surface area (Å²) in [4.78, 5) is 0. The first kappa shape index (κ1) is 14.1. The molecule has 2 aromatic carbocycles. The highest BCUT2D eigenvalue weighted by atomic mass is 19.3. The van der Waals surface area contributed by atoms with E-state index in [-0.39, 0.29) is 23.6 Å². The summed E-state index contributed by atoms with van der Waals surface area (Å²) in [5, 5.41) is 0. The number of hydrogen-bond acceptors (Lipinski definition) is 3. The summed E-state index contributed by atoms with van der Waals surface area (Å²) in [6.45, 7) is 0.202. The zero-order valence-electron chi connectivity index (χ0n) is 11.0. The Hall–Kier alpha value is -2.30. The van der Waals surface area contributed by atoms with E-state index < -0.39 is 6.43 Å². The lowest BCUT2D eigenvalue weighted by atomic mass is 10.2. The lowest BCUT2D eigenvalue weighted by molar-refractivity contribution is 0.144. The largest absolute Gasteiger partial charge is 0.497 e. The highest BCUT2D eigenvalue weighted by molar-refractivity contribution is 5.48. The van der Waals surface area contributed by atoms with Crippen LogP contribution in [0.3, 0.4) is 0 Å². The molecule has 0 saturated heterocycles. The molecule has 20 heavy (non-hydrogen) atoms. The number of alkyl halides is 2. The molecular weight excluding hydrogens is 264 g/mol. The van der Waals surface area contributed by atoms with Crippen LogP contribution in [0.2, 0.25) is 0 Å². The molecule has 0 aliphatic heterocycles. The number of halogens is 2. The first-order chi connectivity index (χ1) is 9.60. The fourth-order valence-corrected chi connectivity index (χ4v) is 1.75. The van der Waals surface area contributed by atoms with Crippen molar-refractivity contribution in [3.63, 3.8) is 0 Å². The zero-order valence-corrected chi connectivity index (χ0v) is 11.0. The Kier molecular flexibility index (Phi) is 4.40. The summed E-state index contributed by atoms with van der Waals surface area (Å²) in [6, 6.07) is 11.4. The normalized spacial score (nSPS) is 10.6. The molecule has 0 aliphatic carbocycles. The Bertz CT molecular complexity index is 571. The number of methoxy groups -OCH3 is 1. The molecule has 0 spiro atoms. The van der Waals surface area contributed by atoms with Crippen LogP contribution in [0.1, 0.15) is 17.6 Å². The highest BCUT2D eigenvalue weighted by Gasteiger charge is 2.14. The predicted octanol–water partition coefficient (Wildman–Crippen LogP) is 3.79. The molecule has 2 rings (SSSR count). The number of ether oxygens (including phenoxy) is 2. The number of anilines is 1. The maximum absolute atomic E-state index is 12.9. The minimum absolute atomic E-state index is 0.144. The summed E-state index contributed by atoms with van der Waals surface area (Å²) in [6.07, 6.45) is -2.62. The molecule has 106 valence electrons. The van der Waals surface area contributed by atoms with Crippen molar-refractivity contribution in [2.75, 3.05) is 12.8 Å². The van der Waals surface area contributed by atoms with Crippen molar-refractivity contribution in [2.45, 2.75) is 13.0 Å². The second-order valence-electron chi connectivity index (χ2n) is 4.23. The van der Waals surface area contributed by atoms with Crippen LogP contribution in [0.15, 0.2) is 42.5 Å². The molecule has 2 N–H and O–H groups in total. The molecule has 0 bridgehead atoms. The fraction of sp³-hybridized carbons (Fsp3) is 0.200. The van der Waals surface area contributed by atoms with Crippen molar-refractivity contribution >= 4 is 5.69 Å². The van der Waals surface area contributed by atoms with Gasteiger partial charge in [0.05, 0.1) is 12.7 Å². The van der Waals surface area contributed by atoms with Crippen molar-refractivity contribution in [1.29, 1.82) is 0 Å². The molecule has 0 heterocycles. The molecule has 3 nitrogen and oxygen atoms in total. The van der Waals surface area contributed by atoms with Crippen LogP contribution in [0.4, 0.5) is 14.5 Å². The number of rotatable bonds is 5. The molecule has 0 atom stereocenters. The van der Waals surface area contributed by atoms with Crippen LogP contribution < -0.4 is 15.2 Å². The van der Waals surface area contributed by atoms with Crippen LogP contribution >= 0.6 is 0 Å². The van der Waals surface area contributed by atoms with Crippen molar-refractivity contribution < 1.29 is 18.3 Å². The fourth-order valence-electron chi connectivity index (χ4n) is 1.75. The second kappa shape index (κ2) is 6.23. The van der Waals surface area contributed by atoms with Crippen molar-refractivity contribution in [3.05, 3.63) is 53.6 Å². The van der Waals surface area contributed by atoms with Crippen LogP contribution in [0, 0.1) is 0 Å². The van der Waals surface area contributed by atoms with Gasteiger partial charge in [0.15, 0.2) is 0 Å². The maximum Gasteiger partial charge on any atom is 0.267 e. The van der Waals surface area contributed by atoms with Crippen molar-refractivity contribution in [1.82, 2.24) is 0 Å². The Morgan fingerprint density at radius 1 is 1.10 bits per heavy atom. The number of hydrogen-bond donors (Lipinski definition) is 1. The van der Waals surface area contributed by atoms with Gasteiger partial charge in [-0.1, -0.05) is 12.1 Å². The van der Waals surface area contributed by atoms with Gasteiger partial charge in [-0.05, 0) is 35.9 Å². The van der Waals surface area contributed by atoms with Crippen LogP contribution in [0.25, 0.3) is 0 Å². The maximum atomic E-state index is 12.9. The minimum atomic E-state index is -2.62. The lowest BCUT2D eigenvalue weighted by Gasteiger charge is -2.12. The number of nitrogens with two attached hydrogens (primary N) is 1. The Morgan fingerprint density at radius 2 is 1.80 bits per heavy atom. The first-order valence-corrected chi connectivity index (χ1v) is 6.03. The Morgan fingerprint density at radius 3 is 2.40 bits per heavy atom. The summed E-state index contributed by atoms with van der Waals surface area (Å²) >= 11 is 0. The standard InChI is InChI=1S/C15H15F2NO2/c1-19-12-5-2-10(3-6-12)9-20-14-7-4-11(18)8-13(14)15(16)17/h2-8,15H,9,18H2,1H3. The van der Waals surface area contributed by atoms with Gasteiger partial charge in [-0.2, -0.15) is 0 Å².